The van der Waals surface area contributed by atoms with E-state index in [-0.39, 0.29) is 30.6 Å². The maximum absolute atomic E-state index is 12.3. The van der Waals surface area contributed by atoms with Gasteiger partial charge in [0.25, 0.3) is 11.6 Å². The smallest absolute Gasteiger partial charge is 0.311 e. The second-order valence-corrected chi connectivity index (χ2v) is 6.99. The zero-order chi connectivity index (χ0) is 21.7. The van der Waals surface area contributed by atoms with Crippen molar-refractivity contribution in [1.29, 1.82) is 0 Å². The third-order valence-electron chi connectivity index (χ3n) is 4.85. The molecule has 30 heavy (non-hydrogen) atoms. The molecule has 2 amide bonds. The standard InChI is InChI=1S/C21H21N3O6/c1-14(15-5-3-2-4-6-15)22-19(25)13-30-21(27)16-11-20(26)23(12-16)17-7-9-18(10-8-17)24(28)29/h2-10,14,16H,11-13H2,1H3,(H,22,25)/t14-,16+/m0/s1. The number of ether oxygens (including phenoxy) is 1. The maximum atomic E-state index is 12.3. The number of hydrogen-bond acceptors (Lipinski definition) is 6. The van der Waals surface area contributed by atoms with E-state index < -0.39 is 29.3 Å². The van der Waals surface area contributed by atoms with Crippen LogP contribution in [-0.4, -0.2) is 35.9 Å². The van der Waals surface area contributed by atoms with Gasteiger partial charge in [-0.2, -0.15) is 0 Å². The Labute approximate surface area is 172 Å². The van der Waals surface area contributed by atoms with Crippen molar-refractivity contribution in [1.82, 2.24) is 5.32 Å². The van der Waals surface area contributed by atoms with Gasteiger partial charge in [0.1, 0.15) is 0 Å². The van der Waals surface area contributed by atoms with Gasteiger partial charge in [0.2, 0.25) is 5.91 Å². The normalized spacial score (nSPS) is 16.8. The summed E-state index contributed by atoms with van der Waals surface area (Å²) in [6, 6.07) is 14.7. The number of carbonyl (C=O) groups excluding carboxylic acids is 3. The molecule has 0 unspecified atom stereocenters. The lowest BCUT2D eigenvalue weighted by atomic mass is 10.1. The minimum Gasteiger partial charge on any atom is -0.455 e. The number of carbonyl (C=O) groups is 3. The third-order valence-corrected chi connectivity index (χ3v) is 4.85. The quantitative estimate of drug-likeness (QED) is 0.424. The number of nitro groups is 1. The molecule has 0 saturated carbocycles. The van der Waals surface area contributed by atoms with E-state index in [9.17, 15) is 24.5 Å². The van der Waals surface area contributed by atoms with Crippen molar-refractivity contribution in [3.63, 3.8) is 0 Å². The molecular formula is C21H21N3O6. The van der Waals surface area contributed by atoms with Gasteiger partial charge >= 0.3 is 5.97 Å². The molecule has 9 heteroatoms. The number of rotatable bonds is 7. The van der Waals surface area contributed by atoms with Crippen molar-refractivity contribution >= 4 is 29.2 Å². The predicted octanol–water partition coefficient (Wildman–Crippen LogP) is 2.37. The van der Waals surface area contributed by atoms with Gasteiger partial charge in [0.15, 0.2) is 6.61 Å². The number of benzene rings is 2. The summed E-state index contributed by atoms with van der Waals surface area (Å²) in [5.74, 6) is -2.05. The fourth-order valence-corrected chi connectivity index (χ4v) is 3.23. The van der Waals surface area contributed by atoms with E-state index in [1.165, 1.54) is 29.2 Å². The monoisotopic (exact) mass is 411 g/mol. The number of amides is 2. The molecule has 2 aromatic rings. The zero-order valence-corrected chi connectivity index (χ0v) is 16.3. The fourth-order valence-electron chi connectivity index (χ4n) is 3.23. The molecule has 1 saturated heterocycles. The van der Waals surface area contributed by atoms with Crippen molar-refractivity contribution in [2.45, 2.75) is 19.4 Å². The minimum atomic E-state index is -0.702. The summed E-state index contributed by atoms with van der Waals surface area (Å²) in [7, 11) is 0. The van der Waals surface area contributed by atoms with Crippen molar-refractivity contribution in [2.75, 3.05) is 18.1 Å². The Morgan fingerprint density at radius 2 is 1.87 bits per heavy atom. The van der Waals surface area contributed by atoms with Crippen LogP contribution in [0, 0.1) is 16.0 Å². The van der Waals surface area contributed by atoms with Gasteiger partial charge in [-0.05, 0) is 24.6 Å². The van der Waals surface area contributed by atoms with Crippen LogP contribution >= 0.6 is 0 Å². The fraction of sp³-hybridized carbons (Fsp3) is 0.286. The summed E-state index contributed by atoms with van der Waals surface area (Å²) in [4.78, 5) is 48.2. The van der Waals surface area contributed by atoms with Crippen LogP contribution in [-0.2, 0) is 19.1 Å². The molecule has 1 N–H and O–H groups in total. The van der Waals surface area contributed by atoms with E-state index >= 15 is 0 Å². The lowest BCUT2D eigenvalue weighted by Gasteiger charge is -2.17. The van der Waals surface area contributed by atoms with Gasteiger partial charge in [-0.3, -0.25) is 24.5 Å². The highest BCUT2D eigenvalue weighted by Crippen LogP contribution is 2.27. The lowest BCUT2D eigenvalue weighted by Crippen LogP contribution is -2.32. The molecule has 1 aliphatic rings. The Kier molecular flexibility index (Phi) is 6.41. The zero-order valence-electron chi connectivity index (χ0n) is 16.3. The highest BCUT2D eigenvalue weighted by molar-refractivity contribution is 5.99. The molecule has 1 fully saturated rings. The molecule has 0 aromatic heterocycles. The van der Waals surface area contributed by atoms with Crippen molar-refractivity contribution in [3.8, 4) is 0 Å². The second-order valence-electron chi connectivity index (χ2n) is 6.99. The Balaban J connectivity index is 1.50. The van der Waals surface area contributed by atoms with Crippen LogP contribution in [0.25, 0.3) is 0 Å². The van der Waals surface area contributed by atoms with Gasteiger partial charge in [-0.15, -0.1) is 0 Å². The number of nitrogens with zero attached hydrogens (tertiary/aromatic N) is 2. The predicted molar refractivity (Wildman–Crippen MR) is 108 cm³/mol. The van der Waals surface area contributed by atoms with Crippen molar-refractivity contribution in [3.05, 3.63) is 70.3 Å². The summed E-state index contributed by atoms with van der Waals surface area (Å²) < 4.78 is 5.09. The first-order valence-electron chi connectivity index (χ1n) is 9.41. The topological polar surface area (TPSA) is 119 Å². The summed E-state index contributed by atoms with van der Waals surface area (Å²) in [5.41, 5.74) is 1.31. The largest absolute Gasteiger partial charge is 0.455 e. The summed E-state index contributed by atoms with van der Waals surface area (Å²) >= 11 is 0. The number of non-ortho nitro benzene ring substituents is 1. The molecule has 2 aromatic carbocycles. The summed E-state index contributed by atoms with van der Waals surface area (Å²) in [6.07, 6.45) is -0.0438. The van der Waals surface area contributed by atoms with E-state index in [4.69, 9.17) is 4.74 Å². The van der Waals surface area contributed by atoms with Crippen LogP contribution in [0.4, 0.5) is 11.4 Å². The molecular weight excluding hydrogens is 390 g/mol. The highest BCUT2D eigenvalue weighted by Gasteiger charge is 2.36. The molecule has 1 heterocycles. The molecule has 0 bridgehead atoms. The van der Waals surface area contributed by atoms with Gasteiger partial charge < -0.3 is 15.0 Å². The van der Waals surface area contributed by atoms with Crippen LogP contribution in [0.3, 0.4) is 0 Å². The average Bonchev–Trinajstić information content (AvgIpc) is 3.14. The van der Waals surface area contributed by atoms with Crippen LogP contribution < -0.4 is 10.2 Å². The van der Waals surface area contributed by atoms with Gasteiger partial charge in [0.05, 0.1) is 16.9 Å². The van der Waals surface area contributed by atoms with Gasteiger partial charge in [-0.1, -0.05) is 30.3 Å². The summed E-state index contributed by atoms with van der Waals surface area (Å²) in [6.45, 7) is 1.49. The number of nitro benzene ring substituents is 1. The van der Waals surface area contributed by atoms with E-state index in [0.717, 1.165) is 5.56 Å². The first-order valence-corrected chi connectivity index (χ1v) is 9.41. The Hall–Kier alpha value is -3.75. The van der Waals surface area contributed by atoms with Crippen molar-refractivity contribution < 1.29 is 24.0 Å². The molecule has 1 aliphatic heterocycles. The van der Waals surface area contributed by atoms with Crippen LogP contribution in [0.15, 0.2) is 54.6 Å². The third kappa shape index (κ3) is 4.99. The number of esters is 1. The Bertz CT molecular complexity index is 945. The van der Waals surface area contributed by atoms with Gasteiger partial charge in [-0.25, -0.2) is 0 Å². The highest BCUT2D eigenvalue weighted by atomic mass is 16.6. The Morgan fingerprint density at radius 1 is 1.20 bits per heavy atom. The number of anilines is 1. The van der Waals surface area contributed by atoms with Crippen LogP contribution in [0.1, 0.15) is 24.9 Å². The second kappa shape index (κ2) is 9.17. The summed E-state index contributed by atoms with van der Waals surface area (Å²) in [5, 5.41) is 13.5. The maximum Gasteiger partial charge on any atom is 0.311 e. The SMILES string of the molecule is C[C@H](NC(=O)COC(=O)[C@@H]1CC(=O)N(c2ccc([N+](=O)[O-])cc2)C1)c1ccccc1. The van der Waals surface area contributed by atoms with E-state index in [1.807, 2.05) is 37.3 Å². The van der Waals surface area contributed by atoms with E-state index in [1.54, 1.807) is 0 Å². The van der Waals surface area contributed by atoms with Crippen LogP contribution in [0.2, 0.25) is 0 Å². The van der Waals surface area contributed by atoms with Gasteiger partial charge in [0, 0.05) is 30.8 Å². The van der Waals surface area contributed by atoms with Crippen LogP contribution in [0.5, 0.6) is 0 Å². The average molecular weight is 411 g/mol. The molecule has 156 valence electrons. The molecule has 0 aliphatic carbocycles. The van der Waals surface area contributed by atoms with E-state index in [0.29, 0.717) is 5.69 Å². The minimum absolute atomic E-state index is 0.0438. The molecule has 2 atom stereocenters. The number of hydrogen-bond donors (Lipinski definition) is 1. The molecule has 3 rings (SSSR count). The van der Waals surface area contributed by atoms with Crippen molar-refractivity contribution in [2.24, 2.45) is 5.92 Å². The Morgan fingerprint density at radius 3 is 2.50 bits per heavy atom. The molecule has 0 radical (unpaired) electrons. The van der Waals surface area contributed by atoms with E-state index in [2.05, 4.69) is 5.32 Å². The first kappa shape index (κ1) is 21.0. The number of nitrogens with one attached hydrogen (secondary N) is 1. The lowest BCUT2D eigenvalue weighted by molar-refractivity contribution is -0.384. The first-order chi connectivity index (χ1) is 14.3. The molecule has 0 spiro atoms. The molecule has 9 nitrogen and oxygen atoms in total.